The molecule has 0 aromatic heterocycles. The van der Waals surface area contributed by atoms with Crippen molar-refractivity contribution in [3.63, 3.8) is 0 Å². The lowest BCUT2D eigenvalue weighted by molar-refractivity contribution is 0.390. The van der Waals surface area contributed by atoms with Gasteiger partial charge in [-0.3, -0.25) is 0 Å². The van der Waals surface area contributed by atoms with Crippen molar-refractivity contribution in [1.82, 2.24) is 0 Å². The van der Waals surface area contributed by atoms with Crippen molar-refractivity contribution in [2.75, 3.05) is 7.11 Å². The van der Waals surface area contributed by atoms with E-state index in [1.807, 2.05) is 12.1 Å². The fourth-order valence-corrected chi connectivity index (χ4v) is 2.30. The number of benzene rings is 1. The summed E-state index contributed by atoms with van der Waals surface area (Å²) in [6.45, 7) is 4.25. The molecule has 16 heavy (non-hydrogen) atoms. The molecule has 0 bridgehead atoms. The van der Waals surface area contributed by atoms with E-state index >= 15 is 0 Å². The van der Waals surface area contributed by atoms with E-state index in [9.17, 15) is 0 Å². The SMILES string of the molecule is CCC(Cc1cc(Br)ccc1OC)C(C)N. The standard InChI is InChI=1S/C13H20BrNO/c1-4-10(9(2)15)7-11-8-12(14)5-6-13(11)16-3/h5-6,8-10H,4,7,15H2,1-3H3. The average molecular weight is 286 g/mol. The van der Waals surface area contributed by atoms with Crippen LogP contribution in [-0.4, -0.2) is 13.2 Å². The van der Waals surface area contributed by atoms with Crippen molar-refractivity contribution in [2.24, 2.45) is 11.7 Å². The fourth-order valence-electron chi connectivity index (χ4n) is 1.89. The van der Waals surface area contributed by atoms with Crippen LogP contribution < -0.4 is 10.5 Å². The van der Waals surface area contributed by atoms with Crippen molar-refractivity contribution in [3.8, 4) is 5.75 Å². The molecule has 0 aliphatic heterocycles. The van der Waals surface area contributed by atoms with Crippen molar-refractivity contribution < 1.29 is 4.74 Å². The van der Waals surface area contributed by atoms with E-state index < -0.39 is 0 Å². The lowest BCUT2D eigenvalue weighted by atomic mass is 9.91. The molecule has 0 aliphatic rings. The Morgan fingerprint density at radius 2 is 2.12 bits per heavy atom. The minimum absolute atomic E-state index is 0.216. The van der Waals surface area contributed by atoms with Crippen LogP contribution in [0.1, 0.15) is 25.8 Å². The van der Waals surface area contributed by atoms with Gasteiger partial charge in [0.15, 0.2) is 0 Å². The van der Waals surface area contributed by atoms with E-state index in [0.29, 0.717) is 5.92 Å². The summed E-state index contributed by atoms with van der Waals surface area (Å²) in [4.78, 5) is 0. The maximum absolute atomic E-state index is 5.97. The second-order valence-electron chi connectivity index (χ2n) is 4.19. The van der Waals surface area contributed by atoms with Crippen LogP contribution in [0.5, 0.6) is 5.75 Å². The first kappa shape index (κ1) is 13.5. The topological polar surface area (TPSA) is 35.2 Å². The van der Waals surface area contributed by atoms with Crippen molar-refractivity contribution in [3.05, 3.63) is 28.2 Å². The second-order valence-corrected chi connectivity index (χ2v) is 5.10. The Kier molecular flexibility index (Phi) is 5.29. The highest BCUT2D eigenvalue weighted by molar-refractivity contribution is 9.10. The van der Waals surface area contributed by atoms with Gasteiger partial charge in [0.1, 0.15) is 5.75 Å². The van der Waals surface area contributed by atoms with Crippen LogP contribution in [-0.2, 0) is 6.42 Å². The monoisotopic (exact) mass is 285 g/mol. The van der Waals surface area contributed by atoms with E-state index in [2.05, 4.69) is 35.8 Å². The highest BCUT2D eigenvalue weighted by Gasteiger charge is 2.15. The highest BCUT2D eigenvalue weighted by Crippen LogP contribution is 2.27. The number of hydrogen-bond acceptors (Lipinski definition) is 2. The molecule has 1 aromatic carbocycles. The van der Waals surface area contributed by atoms with E-state index in [0.717, 1.165) is 23.1 Å². The molecule has 2 unspecified atom stereocenters. The van der Waals surface area contributed by atoms with Crippen LogP contribution in [0.3, 0.4) is 0 Å². The Morgan fingerprint density at radius 1 is 1.44 bits per heavy atom. The molecule has 3 heteroatoms. The lowest BCUT2D eigenvalue weighted by Gasteiger charge is -2.20. The molecule has 0 heterocycles. The lowest BCUT2D eigenvalue weighted by Crippen LogP contribution is -2.27. The Balaban J connectivity index is 2.89. The normalized spacial score (nSPS) is 14.6. The zero-order chi connectivity index (χ0) is 12.1. The maximum atomic E-state index is 5.97. The number of methoxy groups -OCH3 is 1. The number of nitrogens with two attached hydrogens (primary N) is 1. The van der Waals surface area contributed by atoms with Gasteiger partial charge < -0.3 is 10.5 Å². The number of ether oxygens (including phenoxy) is 1. The molecule has 2 nitrogen and oxygen atoms in total. The summed E-state index contributed by atoms with van der Waals surface area (Å²) in [7, 11) is 1.71. The fraction of sp³-hybridized carbons (Fsp3) is 0.538. The minimum atomic E-state index is 0.216. The van der Waals surface area contributed by atoms with Crippen molar-refractivity contribution >= 4 is 15.9 Å². The van der Waals surface area contributed by atoms with Crippen LogP contribution in [0, 0.1) is 5.92 Å². The third-order valence-corrected chi connectivity index (χ3v) is 3.49. The molecule has 1 aromatic rings. The van der Waals surface area contributed by atoms with Crippen LogP contribution in [0.4, 0.5) is 0 Å². The predicted octanol–water partition coefficient (Wildman–Crippen LogP) is 3.37. The van der Waals surface area contributed by atoms with Gasteiger partial charge in [-0.25, -0.2) is 0 Å². The minimum Gasteiger partial charge on any atom is -0.496 e. The molecule has 0 aliphatic carbocycles. The van der Waals surface area contributed by atoms with E-state index in [1.165, 1.54) is 5.56 Å². The molecule has 1 rings (SSSR count). The summed E-state index contributed by atoms with van der Waals surface area (Å²) in [5, 5.41) is 0. The predicted molar refractivity (Wildman–Crippen MR) is 71.8 cm³/mol. The smallest absolute Gasteiger partial charge is 0.122 e. The summed E-state index contributed by atoms with van der Waals surface area (Å²) in [5.41, 5.74) is 7.20. The highest BCUT2D eigenvalue weighted by atomic mass is 79.9. The van der Waals surface area contributed by atoms with Gasteiger partial charge in [-0.15, -0.1) is 0 Å². The summed E-state index contributed by atoms with van der Waals surface area (Å²) in [5.74, 6) is 1.45. The van der Waals surface area contributed by atoms with Crippen LogP contribution >= 0.6 is 15.9 Å². The molecule has 0 saturated carbocycles. The molecule has 2 atom stereocenters. The Labute approximate surface area is 106 Å². The van der Waals surface area contributed by atoms with Gasteiger partial charge in [0.2, 0.25) is 0 Å². The third-order valence-electron chi connectivity index (χ3n) is 2.99. The molecule has 0 fully saturated rings. The van der Waals surface area contributed by atoms with Gasteiger partial charge in [-0.1, -0.05) is 29.3 Å². The Bertz CT molecular complexity index is 339. The molecule has 0 radical (unpaired) electrons. The third kappa shape index (κ3) is 3.49. The van der Waals surface area contributed by atoms with Crippen molar-refractivity contribution in [1.29, 1.82) is 0 Å². The van der Waals surface area contributed by atoms with Crippen molar-refractivity contribution in [2.45, 2.75) is 32.7 Å². The van der Waals surface area contributed by atoms with Gasteiger partial charge in [0, 0.05) is 10.5 Å². The molecule has 2 N–H and O–H groups in total. The molecule has 0 amide bonds. The summed E-state index contributed by atoms with van der Waals surface area (Å²) >= 11 is 3.49. The second kappa shape index (κ2) is 6.26. The van der Waals surface area contributed by atoms with Crippen LogP contribution in [0.15, 0.2) is 22.7 Å². The first-order valence-corrected chi connectivity index (χ1v) is 6.45. The van der Waals surface area contributed by atoms with E-state index in [4.69, 9.17) is 10.5 Å². The number of halogens is 1. The zero-order valence-electron chi connectivity index (χ0n) is 10.2. The molecule has 0 saturated heterocycles. The molecular weight excluding hydrogens is 266 g/mol. The Morgan fingerprint density at radius 3 is 2.62 bits per heavy atom. The molecular formula is C13H20BrNO. The van der Waals surface area contributed by atoms with Crippen LogP contribution in [0.25, 0.3) is 0 Å². The summed E-state index contributed by atoms with van der Waals surface area (Å²) in [6, 6.07) is 6.32. The van der Waals surface area contributed by atoms with E-state index in [1.54, 1.807) is 7.11 Å². The van der Waals surface area contributed by atoms with Gasteiger partial charge in [-0.2, -0.15) is 0 Å². The van der Waals surface area contributed by atoms with Gasteiger partial charge in [0.05, 0.1) is 7.11 Å². The first-order chi connectivity index (χ1) is 7.58. The molecule has 0 spiro atoms. The van der Waals surface area contributed by atoms with Crippen LogP contribution in [0.2, 0.25) is 0 Å². The first-order valence-electron chi connectivity index (χ1n) is 5.66. The number of hydrogen-bond donors (Lipinski definition) is 1. The van der Waals surface area contributed by atoms with E-state index in [-0.39, 0.29) is 6.04 Å². The van der Waals surface area contributed by atoms with Gasteiger partial charge in [0.25, 0.3) is 0 Å². The van der Waals surface area contributed by atoms with Gasteiger partial charge >= 0.3 is 0 Å². The maximum Gasteiger partial charge on any atom is 0.122 e. The summed E-state index contributed by atoms with van der Waals surface area (Å²) in [6.07, 6.45) is 2.06. The summed E-state index contributed by atoms with van der Waals surface area (Å²) < 4.78 is 6.45. The number of rotatable bonds is 5. The van der Waals surface area contributed by atoms with Gasteiger partial charge in [-0.05, 0) is 43.0 Å². The largest absolute Gasteiger partial charge is 0.496 e. The zero-order valence-corrected chi connectivity index (χ0v) is 11.8. The molecule has 90 valence electrons. The average Bonchev–Trinajstić information content (AvgIpc) is 2.25. The Hall–Kier alpha value is -0.540. The quantitative estimate of drug-likeness (QED) is 0.900.